The van der Waals surface area contributed by atoms with Crippen LogP contribution >= 0.6 is 0 Å². The van der Waals surface area contributed by atoms with Crippen molar-refractivity contribution in [3.8, 4) is 0 Å². The fourth-order valence-electron chi connectivity index (χ4n) is 3.46. The standard InChI is InChI=1S/C15H29NO/c1-3-16-14(10-9-13-7-8-13)15(17-4-2)11-5-6-12-15/h13-14,16H,3-12H2,1-2H3. The van der Waals surface area contributed by atoms with E-state index in [9.17, 15) is 0 Å². The summed E-state index contributed by atoms with van der Waals surface area (Å²) < 4.78 is 6.20. The van der Waals surface area contributed by atoms with Crippen LogP contribution in [-0.2, 0) is 4.74 Å². The minimum Gasteiger partial charge on any atom is -0.374 e. The maximum absolute atomic E-state index is 6.20. The Morgan fingerprint density at radius 2 is 1.94 bits per heavy atom. The topological polar surface area (TPSA) is 21.3 Å². The van der Waals surface area contributed by atoms with Gasteiger partial charge in [-0.3, -0.25) is 0 Å². The molecule has 2 fully saturated rings. The lowest BCUT2D eigenvalue weighted by Crippen LogP contribution is -2.51. The van der Waals surface area contributed by atoms with Crippen LogP contribution in [0.2, 0.25) is 0 Å². The average Bonchev–Trinajstić information content (AvgIpc) is 3.04. The summed E-state index contributed by atoms with van der Waals surface area (Å²) in [5.74, 6) is 1.04. The predicted molar refractivity (Wildman–Crippen MR) is 72.2 cm³/mol. The molecular weight excluding hydrogens is 210 g/mol. The zero-order valence-electron chi connectivity index (χ0n) is 11.6. The lowest BCUT2D eigenvalue weighted by molar-refractivity contribution is -0.0635. The van der Waals surface area contributed by atoms with E-state index >= 15 is 0 Å². The molecule has 0 spiro atoms. The molecule has 0 amide bonds. The first-order valence-corrected chi connectivity index (χ1v) is 7.68. The number of ether oxygens (including phenoxy) is 1. The van der Waals surface area contributed by atoms with Gasteiger partial charge in [0.2, 0.25) is 0 Å². The van der Waals surface area contributed by atoms with Crippen molar-refractivity contribution in [1.29, 1.82) is 0 Å². The number of likely N-dealkylation sites (N-methyl/N-ethyl adjacent to an activating group) is 1. The quantitative estimate of drug-likeness (QED) is 0.700. The van der Waals surface area contributed by atoms with E-state index < -0.39 is 0 Å². The Morgan fingerprint density at radius 3 is 2.47 bits per heavy atom. The summed E-state index contributed by atoms with van der Waals surface area (Å²) in [7, 11) is 0. The molecule has 0 heterocycles. The second-order valence-corrected chi connectivity index (χ2v) is 5.84. The summed E-state index contributed by atoms with van der Waals surface area (Å²) in [6, 6.07) is 0.593. The molecule has 0 aromatic rings. The Balaban J connectivity index is 1.93. The van der Waals surface area contributed by atoms with Crippen LogP contribution in [0, 0.1) is 5.92 Å². The molecule has 0 bridgehead atoms. The molecule has 0 aromatic carbocycles. The third-order valence-corrected chi connectivity index (χ3v) is 4.53. The van der Waals surface area contributed by atoms with Crippen LogP contribution in [0.1, 0.15) is 65.2 Å². The predicted octanol–water partition coefficient (Wildman–Crippen LogP) is 3.50. The molecule has 1 atom stereocenters. The highest BCUT2D eigenvalue weighted by atomic mass is 16.5. The number of hydrogen-bond acceptors (Lipinski definition) is 2. The third-order valence-electron chi connectivity index (χ3n) is 4.53. The van der Waals surface area contributed by atoms with Crippen molar-refractivity contribution >= 4 is 0 Å². The van der Waals surface area contributed by atoms with Gasteiger partial charge in [0.1, 0.15) is 0 Å². The molecule has 2 aliphatic carbocycles. The Bertz CT molecular complexity index is 219. The van der Waals surface area contributed by atoms with E-state index in [-0.39, 0.29) is 5.60 Å². The molecule has 1 unspecified atom stereocenters. The molecule has 0 aromatic heterocycles. The summed E-state index contributed by atoms with van der Waals surface area (Å²) in [6.07, 6.45) is 10.9. The monoisotopic (exact) mass is 239 g/mol. The van der Waals surface area contributed by atoms with E-state index in [2.05, 4.69) is 19.2 Å². The first kappa shape index (κ1) is 13.4. The van der Waals surface area contributed by atoms with Gasteiger partial charge in [-0.05, 0) is 45.1 Å². The van der Waals surface area contributed by atoms with Crippen molar-refractivity contribution < 1.29 is 4.74 Å². The first-order chi connectivity index (χ1) is 8.30. The Labute approximate surface area is 107 Å². The lowest BCUT2D eigenvalue weighted by Gasteiger charge is -2.38. The van der Waals surface area contributed by atoms with Gasteiger partial charge in [-0.1, -0.05) is 32.6 Å². The Kier molecular flexibility index (Phi) is 4.87. The largest absolute Gasteiger partial charge is 0.374 e. The minimum atomic E-state index is 0.166. The Hall–Kier alpha value is -0.0800. The van der Waals surface area contributed by atoms with Crippen LogP contribution in [-0.4, -0.2) is 24.8 Å². The van der Waals surface area contributed by atoms with E-state index in [4.69, 9.17) is 4.74 Å². The van der Waals surface area contributed by atoms with Gasteiger partial charge in [0.25, 0.3) is 0 Å². The second-order valence-electron chi connectivity index (χ2n) is 5.84. The Morgan fingerprint density at radius 1 is 1.24 bits per heavy atom. The van der Waals surface area contributed by atoms with Crippen LogP contribution in [0.15, 0.2) is 0 Å². The van der Waals surface area contributed by atoms with Gasteiger partial charge in [0, 0.05) is 12.6 Å². The third kappa shape index (κ3) is 3.45. The molecule has 0 aliphatic heterocycles. The number of hydrogen-bond donors (Lipinski definition) is 1. The van der Waals surface area contributed by atoms with Crippen LogP contribution in [0.5, 0.6) is 0 Å². The molecule has 100 valence electrons. The lowest BCUT2D eigenvalue weighted by atomic mass is 9.88. The van der Waals surface area contributed by atoms with Gasteiger partial charge in [-0.15, -0.1) is 0 Å². The molecule has 2 heteroatoms. The molecule has 2 nitrogen and oxygen atoms in total. The molecule has 1 N–H and O–H groups in total. The van der Waals surface area contributed by atoms with Crippen molar-refractivity contribution in [3.63, 3.8) is 0 Å². The van der Waals surface area contributed by atoms with E-state index in [1.54, 1.807) is 0 Å². The fourth-order valence-corrected chi connectivity index (χ4v) is 3.46. The van der Waals surface area contributed by atoms with Crippen molar-refractivity contribution in [1.82, 2.24) is 5.32 Å². The summed E-state index contributed by atoms with van der Waals surface area (Å²) >= 11 is 0. The SMILES string of the molecule is CCNC(CCC1CC1)C1(OCC)CCCC1. The molecule has 2 aliphatic rings. The highest BCUT2D eigenvalue weighted by Gasteiger charge is 2.42. The maximum Gasteiger partial charge on any atom is 0.0834 e. The molecule has 2 rings (SSSR count). The normalized spacial score (nSPS) is 25.1. The van der Waals surface area contributed by atoms with Gasteiger partial charge < -0.3 is 10.1 Å². The van der Waals surface area contributed by atoms with Crippen LogP contribution < -0.4 is 5.32 Å². The maximum atomic E-state index is 6.20. The van der Waals surface area contributed by atoms with Crippen molar-refractivity contribution in [2.75, 3.05) is 13.2 Å². The van der Waals surface area contributed by atoms with Gasteiger partial charge >= 0.3 is 0 Å². The van der Waals surface area contributed by atoms with Crippen LogP contribution in [0.4, 0.5) is 0 Å². The summed E-state index contributed by atoms with van der Waals surface area (Å²) in [5, 5.41) is 3.71. The molecular formula is C15H29NO. The van der Waals surface area contributed by atoms with E-state index in [1.165, 1.54) is 51.4 Å². The number of rotatable bonds is 8. The fraction of sp³-hybridized carbons (Fsp3) is 1.00. The van der Waals surface area contributed by atoms with Gasteiger partial charge in [0.15, 0.2) is 0 Å². The van der Waals surface area contributed by atoms with E-state index in [0.717, 1.165) is 19.1 Å². The number of nitrogens with one attached hydrogen (secondary N) is 1. The minimum absolute atomic E-state index is 0.166. The van der Waals surface area contributed by atoms with E-state index in [1.807, 2.05) is 0 Å². The summed E-state index contributed by atoms with van der Waals surface area (Å²) in [6.45, 7) is 6.30. The first-order valence-electron chi connectivity index (χ1n) is 7.68. The van der Waals surface area contributed by atoms with Crippen LogP contribution in [0.25, 0.3) is 0 Å². The zero-order chi connectivity index (χ0) is 12.1. The smallest absolute Gasteiger partial charge is 0.0834 e. The van der Waals surface area contributed by atoms with E-state index in [0.29, 0.717) is 6.04 Å². The summed E-state index contributed by atoms with van der Waals surface area (Å²) in [4.78, 5) is 0. The van der Waals surface area contributed by atoms with Gasteiger partial charge in [0.05, 0.1) is 5.60 Å². The summed E-state index contributed by atoms with van der Waals surface area (Å²) in [5.41, 5.74) is 0.166. The second kappa shape index (κ2) is 6.19. The zero-order valence-corrected chi connectivity index (χ0v) is 11.6. The van der Waals surface area contributed by atoms with Gasteiger partial charge in [-0.2, -0.15) is 0 Å². The highest BCUT2D eigenvalue weighted by molar-refractivity contribution is 4.97. The average molecular weight is 239 g/mol. The molecule has 17 heavy (non-hydrogen) atoms. The molecule has 0 radical (unpaired) electrons. The van der Waals surface area contributed by atoms with Gasteiger partial charge in [-0.25, -0.2) is 0 Å². The highest BCUT2D eigenvalue weighted by Crippen LogP contribution is 2.40. The van der Waals surface area contributed by atoms with Crippen LogP contribution in [0.3, 0.4) is 0 Å². The molecule has 0 saturated heterocycles. The molecule has 2 saturated carbocycles. The van der Waals surface area contributed by atoms with Crippen molar-refractivity contribution in [2.45, 2.75) is 76.9 Å². The van der Waals surface area contributed by atoms with Crippen molar-refractivity contribution in [2.24, 2.45) is 5.92 Å². The van der Waals surface area contributed by atoms with Crippen molar-refractivity contribution in [3.05, 3.63) is 0 Å².